The zero-order chi connectivity index (χ0) is 24.7. The fourth-order valence-corrected chi connectivity index (χ4v) is 5.32. The highest BCUT2D eigenvalue weighted by Gasteiger charge is 2.46. The first-order valence-corrected chi connectivity index (χ1v) is 11.7. The monoisotopic (exact) mass is 494 g/mol. The van der Waals surface area contributed by atoms with E-state index in [0.29, 0.717) is 41.2 Å². The molecule has 180 valence electrons. The molecule has 0 aliphatic carbocycles. The molecule has 0 saturated carbocycles. The zero-order valence-electron chi connectivity index (χ0n) is 19.3. The molecule has 0 saturated heterocycles. The van der Waals surface area contributed by atoms with Gasteiger partial charge in [-0.3, -0.25) is 9.59 Å². The van der Waals surface area contributed by atoms with E-state index in [4.69, 9.17) is 21.1 Å². The average molecular weight is 495 g/mol. The molecule has 8 heteroatoms. The fourth-order valence-electron chi connectivity index (χ4n) is 5.09. The van der Waals surface area contributed by atoms with Crippen LogP contribution in [0, 0.1) is 5.82 Å². The summed E-state index contributed by atoms with van der Waals surface area (Å²) in [5.41, 5.74) is 3.66. The number of halogens is 2. The van der Waals surface area contributed by atoms with Crippen molar-refractivity contribution in [1.82, 2.24) is 10.2 Å². The Labute approximate surface area is 207 Å². The van der Waals surface area contributed by atoms with E-state index in [9.17, 15) is 14.0 Å². The number of carbonyl (C=O) groups is 2. The van der Waals surface area contributed by atoms with Gasteiger partial charge in [-0.2, -0.15) is 0 Å². The van der Waals surface area contributed by atoms with Crippen LogP contribution in [-0.4, -0.2) is 37.5 Å². The molecule has 1 N–H and O–H groups in total. The minimum absolute atomic E-state index is 0.124. The summed E-state index contributed by atoms with van der Waals surface area (Å²) in [7, 11) is 3.02. The third-order valence-electron chi connectivity index (χ3n) is 6.78. The van der Waals surface area contributed by atoms with Crippen LogP contribution in [0.5, 0.6) is 11.5 Å². The Hall–Kier alpha value is -3.58. The number of benzene rings is 3. The van der Waals surface area contributed by atoms with Gasteiger partial charge in [0.25, 0.3) is 5.91 Å². The van der Waals surface area contributed by atoms with E-state index >= 15 is 0 Å². The minimum Gasteiger partial charge on any atom is -0.493 e. The van der Waals surface area contributed by atoms with Crippen molar-refractivity contribution in [2.75, 3.05) is 20.8 Å². The first kappa shape index (κ1) is 23.2. The quantitative estimate of drug-likeness (QED) is 0.560. The number of amides is 2. The van der Waals surface area contributed by atoms with Crippen molar-refractivity contribution in [2.24, 2.45) is 0 Å². The van der Waals surface area contributed by atoms with Crippen LogP contribution in [0.1, 0.15) is 44.6 Å². The lowest BCUT2D eigenvalue weighted by Crippen LogP contribution is -2.50. The molecule has 2 atom stereocenters. The van der Waals surface area contributed by atoms with E-state index in [1.807, 2.05) is 24.3 Å². The number of fused-ring (bicyclic) bond motifs is 4. The number of methoxy groups -OCH3 is 2. The van der Waals surface area contributed by atoms with Gasteiger partial charge in [-0.05, 0) is 52.9 Å². The van der Waals surface area contributed by atoms with Crippen LogP contribution in [0.2, 0.25) is 5.02 Å². The lowest BCUT2D eigenvalue weighted by molar-refractivity contribution is -0.124. The first-order chi connectivity index (χ1) is 16.9. The van der Waals surface area contributed by atoms with E-state index < -0.39 is 17.8 Å². The number of hydrogen-bond donors (Lipinski definition) is 1. The Kier molecular flexibility index (Phi) is 6.11. The van der Waals surface area contributed by atoms with Crippen molar-refractivity contribution in [3.63, 3.8) is 0 Å². The van der Waals surface area contributed by atoms with Crippen LogP contribution < -0.4 is 14.8 Å². The lowest BCUT2D eigenvalue weighted by atomic mass is 9.75. The Morgan fingerprint density at radius 3 is 2.57 bits per heavy atom. The van der Waals surface area contributed by atoms with Gasteiger partial charge < -0.3 is 19.7 Å². The molecule has 3 aromatic rings. The molecule has 6 nitrogen and oxygen atoms in total. The first-order valence-electron chi connectivity index (χ1n) is 11.3. The van der Waals surface area contributed by atoms with E-state index in [1.165, 1.54) is 26.4 Å². The molecular weight excluding hydrogens is 471 g/mol. The Morgan fingerprint density at radius 1 is 1.09 bits per heavy atom. The van der Waals surface area contributed by atoms with Crippen molar-refractivity contribution >= 4 is 23.4 Å². The normalized spacial score (nSPS) is 18.3. The standard InChI is InChI=1S/C27H24ClFN2O4/c1-34-22-12-19-20(13-23(22)35-2)27(33)31-10-9-15-5-3-4-6-18(15)25(31)24(19)26(32)30-14-16-7-8-17(29)11-21(16)28/h3-8,11-13,24-25H,9-10,14H2,1-2H3,(H,30,32)/t24-,25-/m0/s1. The summed E-state index contributed by atoms with van der Waals surface area (Å²) in [6.07, 6.45) is 0.709. The van der Waals surface area contributed by atoms with Crippen molar-refractivity contribution in [3.8, 4) is 11.5 Å². The molecule has 2 aliphatic rings. The molecule has 2 heterocycles. The fraction of sp³-hybridized carbons (Fsp3) is 0.259. The molecule has 0 fully saturated rings. The SMILES string of the molecule is COc1cc2c(cc1OC)[C@H](C(=O)NCc1ccc(F)cc1Cl)[C@@H]1c3ccccc3CCN1C2=O. The molecule has 35 heavy (non-hydrogen) atoms. The maximum Gasteiger partial charge on any atom is 0.254 e. The predicted molar refractivity (Wildman–Crippen MR) is 129 cm³/mol. The summed E-state index contributed by atoms with van der Waals surface area (Å²) in [6, 6.07) is 14.9. The maximum atomic E-state index is 13.8. The third kappa shape index (κ3) is 4.00. The number of ether oxygens (including phenoxy) is 2. The van der Waals surface area contributed by atoms with Crippen molar-refractivity contribution in [1.29, 1.82) is 0 Å². The van der Waals surface area contributed by atoms with Gasteiger partial charge in [-0.15, -0.1) is 0 Å². The molecule has 0 bridgehead atoms. The van der Waals surface area contributed by atoms with Gasteiger partial charge in [-0.25, -0.2) is 4.39 Å². The van der Waals surface area contributed by atoms with Gasteiger partial charge in [0.1, 0.15) is 5.82 Å². The summed E-state index contributed by atoms with van der Waals surface area (Å²) in [6.45, 7) is 0.626. The highest BCUT2D eigenvalue weighted by Crippen LogP contribution is 2.48. The van der Waals surface area contributed by atoms with Crippen molar-refractivity contribution in [2.45, 2.75) is 24.9 Å². The van der Waals surface area contributed by atoms with Gasteiger partial charge in [-0.1, -0.05) is 41.9 Å². The van der Waals surface area contributed by atoms with Crippen LogP contribution in [0.25, 0.3) is 0 Å². The van der Waals surface area contributed by atoms with Crippen LogP contribution in [-0.2, 0) is 17.8 Å². The van der Waals surface area contributed by atoms with E-state index in [1.54, 1.807) is 23.1 Å². The second-order valence-corrected chi connectivity index (χ2v) is 9.03. The van der Waals surface area contributed by atoms with Crippen molar-refractivity contribution < 1.29 is 23.5 Å². The van der Waals surface area contributed by atoms with E-state index in [0.717, 1.165) is 11.1 Å². The van der Waals surface area contributed by atoms with Gasteiger partial charge in [0.2, 0.25) is 5.91 Å². The molecule has 0 unspecified atom stereocenters. The van der Waals surface area contributed by atoms with Crippen LogP contribution >= 0.6 is 11.6 Å². The zero-order valence-corrected chi connectivity index (χ0v) is 20.1. The number of carbonyl (C=O) groups excluding carboxylic acids is 2. The number of nitrogens with zero attached hydrogens (tertiary/aromatic N) is 1. The Balaban J connectivity index is 1.60. The Bertz CT molecular complexity index is 1330. The topological polar surface area (TPSA) is 67.9 Å². The van der Waals surface area contributed by atoms with Gasteiger partial charge in [0, 0.05) is 23.7 Å². The molecular formula is C27H24ClFN2O4. The maximum absolute atomic E-state index is 13.8. The molecule has 5 rings (SSSR count). The highest BCUT2D eigenvalue weighted by atomic mass is 35.5. The molecule has 0 aromatic heterocycles. The summed E-state index contributed by atoms with van der Waals surface area (Å²) >= 11 is 6.17. The number of rotatable bonds is 5. The minimum atomic E-state index is -0.692. The highest BCUT2D eigenvalue weighted by molar-refractivity contribution is 6.31. The summed E-state index contributed by atoms with van der Waals surface area (Å²) in [5, 5.41) is 3.20. The van der Waals surface area contributed by atoms with E-state index in [-0.39, 0.29) is 23.4 Å². The van der Waals surface area contributed by atoms with Crippen LogP contribution in [0.4, 0.5) is 4.39 Å². The molecule has 0 spiro atoms. The molecule has 0 radical (unpaired) electrons. The van der Waals surface area contributed by atoms with Crippen molar-refractivity contribution in [3.05, 3.63) is 93.3 Å². The summed E-state index contributed by atoms with van der Waals surface area (Å²) in [4.78, 5) is 29.2. The second-order valence-electron chi connectivity index (χ2n) is 8.62. The molecule has 2 aliphatic heterocycles. The lowest BCUT2D eigenvalue weighted by Gasteiger charge is -2.45. The molecule has 2 amide bonds. The van der Waals surface area contributed by atoms with Crippen LogP contribution in [0.3, 0.4) is 0 Å². The van der Waals surface area contributed by atoms with Gasteiger partial charge >= 0.3 is 0 Å². The smallest absolute Gasteiger partial charge is 0.254 e. The predicted octanol–water partition coefficient (Wildman–Crippen LogP) is 4.65. The number of nitrogens with one attached hydrogen (secondary N) is 1. The largest absolute Gasteiger partial charge is 0.493 e. The second kappa shape index (κ2) is 9.23. The average Bonchev–Trinajstić information content (AvgIpc) is 2.87. The van der Waals surface area contributed by atoms with Gasteiger partial charge in [0.05, 0.1) is 26.2 Å². The van der Waals surface area contributed by atoms with E-state index in [2.05, 4.69) is 5.32 Å². The molecule has 3 aromatic carbocycles. The Morgan fingerprint density at radius 2 is 1.83 bits per heavy atom. The third-order valence-corrected chi connectivity index (χ3v) is 7.13. The summed E-state index contributed by atoms with van der Waals surface area (Å²) < 4.78 is 24.4. The van der Waals surface area contributed by atoms with Gasteiger partial charge in [0.15, 0.2) is 11.5 Å². The summed E-state index contributed by atoms with van der Waals surface area (Å²) in [5.74, 6) is -0.684. The van der Waals surface area contributed by atoms with Crippen LogP contribution in [0.15, 0.2) is 54.6 Å². The number of hydrogen-bond acceptors (Lipinski definition) is 4.